The first kappa shape index (κ1) is 18.1. The summed E-state index contributed by atoms with van der Waals surface area (Å²) in [6.07, 6.45) is 3.01. The molecule has 2 atom stereocenters. The summed E-state index contributed by atoms with van der Waals surface area (Å²) in [5.74, 6) is -0.714. The Morgan fingerprint density at radius 1 is 1.22 bits per heavy atom. The van der Waals surface area contributed by atoms with Crippen molar-refractivity contribution in [2.24, 2.45) is 0 Å². The highest BCUT2D eigenvalue weighted by Crippen LogP contribution is 2.30. The van der Waals surface area contributed by atoms with Crippen LogP contribution in [0.1, 0.15) is 47.2 Å². The SMILES string of the molecule is CN(Cc1cccc2c1C(=O)N(C1CCC(=O)NC1=O)C2)[C@H]1CCCNC1. The minimum absolute atomic E-state index is 0.0923. The van der Waals surface area contributed by atoms with Gasteiger partial charge in [0.25, 0.3) is 5.91 Å². The van der Waals surface area contributed by atoms with Crippen molar-refractivity contribution < 1.29 is 14.4 Å². The molecule has 3 amide bonds. The van der Waals surface area contributed by atoms with Gasteiger partial charge in [-0.2, -0.15) is 0 Å². The van der Waals surface area contributed by atoms with E-state index >= 15 is 0 Å². The van der Waals surface area contributed by atoms with E-state index in [9.17, 15) is 14.4 Å². The van der Waals surface area contributed by atoms with Crippen molar-refractivity contribution in [3.63, 3.8) is 0 Å². The van der Waals surface area contributed by atoms with E-state index in [-0.39, 0.29) is 24.1 Å². The van der Waals surface area contributed by atoms with Crippen molar-refractivity contribution in [3.8, 4) is 0 Å². The molecule has 1 aromatic rings. The summed E-state index contributed by atoms with van der Waals surface area (Å²) >= 11 is 0. The van der Waals surface area contributed by atoms with Gasteiger partial charge in [0.05, 0.1) is 0 Å². The summed E-state index contributed by atoms with van der Waals surface area (Å²) in [5.41, 5.74) is 2.72. The number of likely N-dealkylation sites (N-methyl/N-ethyl adjacent to an activating group) is 1. The number of amides is 3. The van der Waals surface area contributed by atoms with E-state index in [4.69, 9.17) is 0 Å². The van der Waals surface area contributed by atoms with Gasteiger partial charge in [-0.15, -0.1) is 0 Å². The monoisotopic (exact) mass is 370 g/mol. The maximum atomic E-state index is 13.1. The Bertz CT molecular complexity index is 772. The minimum Gasteiger partial charge on any atom is -0.322 e. The summed E-state index contributed by atoms with van der Waals surface area (Å²) in [4.78, 5) is 40.7. The second-order valence-electron chi connectivity index (χ2n) is 7.77. The Kier molecular flexibility index (Phi) is 4.97. The van der Waals surface area contributed by atoms with Crippen LogP contribution >= 0.6 is 0 Å². The number of carbonyl (C=O) groups is 3. The summed E-state index contributed by atoms with van der Waals surface area (Å²) in [7, 11) is 2.11. The van der Waals surface area contributed by atoms with Gasteiger partial charge in [0.2, 0.25) is 11.8 Å². The standard InChI is InChI=1S/C20H26N4O3/c1-23(15-6-3-9-21-10-15)11-13-4-2-5-14-12-24(20(27)18(13)14)16-7-8-17(25)22-19(16)26/h2,4-5,15-16,21H,3,6-12H2,1H3,(H,22,25,26)/t15-,16?/m0/s1. The van der Waals surface area contributed by atoms with Gasteiger partial charge in [-0.3, -0.25) is 24.6 Å². The van der Waals surface area contributed by atoms with Gasteiger partial charge < -0.3 is 10.2 Å². The summed E-state index contributed by atoms with van der Waals surface area (Å²) in [6, 6.07) is 5.87. The summed E-state index contributed by atoms with van der Waals surface area (Å²) in [5, 5.41) is 5.79. The van der Waals surface area contributed by atoms with Crippen LogP contribution < -0.4 is 10.6 Å². The van der Waals surface area contributed by atoms with E-state index in [0.717, 1.165) is 36.2 Å². The molecule has 7 heteroatoms. The zero-order chi connectivity index (χ0) is 19.0. The number of piperidine rings is 2. The van der Waals surface area contributed by atoms with Gasteiger partial charge in [-0.05, 0) is 44.0 Å². The third-order valence-corrected chi connectivity index (χ3v) is 5.95. The number of carbonyl (C=O) groups excluding carboxylic acids is 3. The number of nitrogens with zero attached hydrogens (tertiary/aromatic N) is 2. The fourth-order valence-corrected chi connectivity index (χ4v) is 4.43. The van der Waals surface area contributed by atoms with Gasteiger partial charge in [-0.25, -0.2) is 0 Å². The van der Waals surface area contributed by atoms with Crippen LogP contribution in [-0.4, -0.2) is 59.7 Å². The molecule has 0 aromatic heterocycles. The highest BCUT2D eigenvalue weighted by atomic mass is 16.2. The van der Waals surface area contributed by atoms with Crippen LogP contribution in [0.25, 0.3) is 0 Å². The van der Waals surface area contributed by atoms with Crippen molar-refractivity contribution in [1.29, 1.82) is 0 Å². The lowest BCUT2D eigenvalue weighted by atomic mass is 10.0. The number of hydrogen-bond acceptors (Lipinski definition) is 5. The minimum atomic E-state index is -0.560. The highest BCUT2D eigenvalue weighted by Gasteiger charge is 2.40. The fraction of sp³-hybridized carbons (Fsp3) is 0.550. The quantitative estimate of drug-likeness (QED) is 0.760. The topological polar surface area (TPSA) is 81.8 Å². The Morgan fingerprint density at radius 3 is 2.81 bits per heavy atom. The van der Waals surface area contributed by atoms with Crippen LogP contribution in [-0.2, 0) is 22.7 Å². The predicted molar refractivity (Wildman–Crippen MR) is 99.8 cm³/mol. The third kappa shape index (κ3) is 3.49. The number of fused-ring (bicyclic) bond motifs is 1. The average molecular weight is 370 g/mol. The van der Waals surface area contributed by atoms with Gasteiger partial charge in [-0.1, -0.05) is 18.2 Å². The molecule has 2 saturated heterocycles. The molecule has 27 heavy (non-hydrogen) atoms. The molecule has 0 radical (unpaired) electrons. The average Bonchev–Trinajstić information content (AvgIpc) is 3.00. The van der Waals surface area contributed by atoms with Crippen LogP contribution in [0.4, 0.5) is 0 Å². The molecule has 7 nitrogen and oxygen atoms in total. The van der Waals surface area contributed by atoms with Crippen LogP contribution in [0.15, 0.2) is 18.2 Å². The number of benzene rings is 1. The second-order valence-corrected chi connectivity index (χ2v) is 7.77. The molecule has 1 aromatic carbocycles. The maximum Gasteiger partial charge on any atom is 0.255 e. The van der Waals surface area contributed by atoms with E-state index in [1.807, 2.05) is 18.2 Å². The van der Waals surface area contributed by atoms with Crippen LogP contribution in [0.5, 0.6) is 0 Å². The van der Waals surface area contributed by atoms with Crippen LogP contribution in [0.3, 0.4) is 0 Å². The Hall–Kier alpha value is -2.25. The molecule has 0 bridgehead atoms. The van der Waals surface area contributed by atoms with Crippen molar-refractivity contribution in [1.82, 2.24) is 20.4 Å². The van der Waals surface area contributed by atoms with Crippen molar-refractivity contribution in [2.75, 3.05) is 20.1 Å². The third-order valence-electron chi connectivity index (χ3n) is 5.95. The van der Waals surface area contributed by atoms with Gasteiger partial charge in [0, 0.05) is 37.7 Å². The first-order chi connectivity index (χ1) is 13.0. The molecule has 144 valence electrons. The van der Waals surface area contributed by atoms with E-state index in [1.165, 1.54) is 6.42 Å². The number of hydrogen-bond donors (Lipinski definition) is 2. The van der Waals surface area contributed by atoms with Crippen molar-refractivity contribution in [3.05, 3.63) is 34.9 Å². The van der Waals surface area contributed by atoms with Gasteiger partial charge >= 0.3 is 0 Å². The molecule has 0 aliphatic carbocycles. The fourth-order valence-electron chi connectivity index (χ4n) is 4.43. The molecule has 4 rings (SSSR count). The van der Waals surface area contributed by atoms with E-state index in [0.29, 0.717) is 25.6 Å². The number of rotatable bonds is 4. The number of imide groups is 1. The molecule has 2 N–H and O–H groups in total. The molecular weight excluding hydrogens is 344 g/mol. The zero-order valence-corrected chi connectivity index (χ0v) is 15.7. The molecule has 2 fully saturated rings. The molecule has 0 saturated carbocycles. The normalized spacial score (nSPS) is 25.7. The zero-order valence-electron chi connectivity index (χ0n) is 15.7. The van der Waals surface area contributed by atoms with E-state index < -0.39 is 6.04 Å². The van der Waals surface area contributed by atoms with Crippen LogP contribution in [0.2, 0.25) is 0 Å². The van der Waals surface area contributed by atoms with Gasteiger partial charge in [0.1, 0.15) is 6.04 Å². The first-order valence-electron chi connectivity index (χ1n) is 9.71. The molecule has 1 unspecified atom stereocenters. The Morgan fingerprint density at radius 2 is 2.07 bits per heavy atom. The highest BCUT2D eigenvalue weighted by molar-refractivity contribution is 6.05. The summed E-state index contributed by atoms with van der Waals surface area (Å²) < 4.78 is 0. The van der Waals surface area contributed by atoms with E-state index in [2.05, 4.69) is 22.6 Å². The lowest BCUT2D eigenvalue weighted by molar-refractivity contribution is -0.136. The van der Waals surface area contributed by atoms with Crippen molar-refractivity contribution in [2.45, 2.75) is 50.9 Å². The van der Waals surface area contributed by atoms with Crippen LogP contribution in [0, 0.1) is 0 Å². The largest absolute Gasteiger partial charge is 0.322 e. The summed E-state index contributed by atoms with van der Waals surface area (Å²) in [6.45, 7) is 3.19. The molecule has 3 aliphatic heterocycles. The smallest absolute Gasteiger partial charge is 0.255 e. The molecule has 3 heterocycles. The Balaban J connectivity index is 1.53. The number of nitrogens with one attached hydrogen (secondary N) is 2. The molecular formula is C20H26N4O3. The Labute approximate surface area is 159 Å². The van der Waals surface area contributed by atoms with Gasteiger partial charge in [0.15, 0.2) is 0 Å². The maximum absolute atomic E-state index is 13.1. The lowest BCUT2D eigenvalue weighted by Gasteiger charge is -2.32. The molecule has 0 spiro atoms. The van der Waals surface area contributed by atoms with E-state index in [1.54, 1.807) is 4.90 Å². The van der Waals surface area contributed by atoms with Crippen molar-refractivity contribution >= 4 is 17.7 Å². The molecule has 3 aliphatic rings. The first-order valence-corrected chi connectivity index (χ1v) is 9.71. The second kappa shape index (κ2) is 7.40. The lowest BCUT2D eigenvalue weighted by Crippen LogP contribution is -2.52. The predicted octanol–water partition coefficient (Wildman–Crippen LogP) is 0.631.